The molecule has 0 fully saturated rings. The number of pyridine rings is 1. The first kappa shape index (κ1) is 17.9. The van der Waals surface area contributed by atoms with Gasteiger partial charge in [-0.25, -0.2) is 18.1 Å². The highest BCUT2D eigenvalue weighted by molar-refractivity contribution is 7.88. The number of amides is 1. The van der Waals surface area contributed by atoms with Gasteiger partial charge in [-0.05, 0) is 18.2 Å². The molecule has 0 bridgehead atoms. The fraction of sp³-hybridized carbons (Fsp3) is 0.250. The number of hydrogen-bond donors (Lipinski definition) is 2. The second kappa shape index (κ2) is 7.89. The van der Waals surface area contributed by atoms with E-state index < -0.39 is 10.0 Å². The number of methoxy groups -OCH3 is 1. The number of hydrogen-bond acceptors (Lipinski definition) is 5. The van der Waals surface area contributed by atoms with Crippen LogP contribution in [0.5, 0.6) is 5.88 Å². The van der Waals surface area contributed by atoms with Crippen molar-refractivity contribution in [3.63, 3.8) is 0 Å². The van der Waals surface area contributed by atoms with E-state index in [0.717, 1.165) is 17.5 Å². The van der Waals surface area contributed by atoms with E-state index in [4.69, 9.17) is 4.74 Å². The van der Waals surface area contributed by atoms with Gasteiger partial charge in [-0.1, -0.05) is 18.2 Å². The largest absolute Gasteiger partial charge is 0.481 e. The Balaban J connectivity index is 1.97. The lowest BCUT2D eigenvalue weighted by Gasteiger charge is -2.07. The van der Waals surface area contributed by atoms with Crippen LogP contribution in [0.3, 0.4) is 0 Å². The van der Waals surface area contributed by atoms with E-state index in [-0.39, 0.29) is 19.0 Å². The normalized spacial score (nSPS) is 11.1. The first-order chi connectivity index (χ1) is 11.4. The Labute approximate surface area is 141 Å². The van der Waals surface area contributed by atoms with Crippen LogP contribution in [0.2, 0.25) is 0 Å². The monoisotopic (exact) mass is 349 g/mol. The molecule has 1 heterocycles. The average Bonchev–Trinajstić information content (AvgIpc) is 2.58. The number of sulfonamides is 1. The van der Waals surface area contributed by atoms with Gasteiger partial charge in [0.15, 0.2) is 0 Å². The number of nitrogens with one attached hydrogen (secondary N) is 2. The van der Waals surface area contributed by atoms with Crippen molar-refractivity contribution in [2.75, 3.05) is 26.5 Å². The maximum atomic E-state index is 12.0. The summed E-state index contributed by atoms with van der Waals surface area (Å²) in [6.45, 7) is 0.363. The van der Waals surface area contributed by atoms with Gasteiger partial charge < -0.3 is 10.1 Å². The maximum Gasteiger partial charge on any atom is 0.251 e. The van der Waals surface area contributed by atoms with E-state index in [9.17, 15) is 13.2 Å². The molecule has 0 unspecified atom stereocenters. The van der Waals surface area contributed by atoms with Gasteiger partial charge in [0.05, 0.1) is 19.1 Å². The molecule has 1 amide bonds. The summed E-state index contributed by atoms with van der Waals surface area (Å²) in [5, 5.41) is 2.65. The van der Waals surface area contributed by atoms with Crippen LogP contribution in [0.4, 0.5) is 0 Å². The number of rotatable bonds is 7. The van der Waals surface area contributed by atoms with Gasteiger partial charge in [-0.15, -0.1) is 0 Å². The minimum atomic E-state index is -3.25. The van der Waals surface area contributed by atoms with Crippen molar-refractivity contribution < 1.29 is 17.9 Å². The van der Waals surface area contributed by atoms with Crippen molar-refractivity contribution in [3.8, 4) is 17.1 Å². The number of carbonyl (C=O) groups excluding carboxylic acids is 1. The molecule has 0 spiro atoms. The summed E-state index contributed by atoms with van der Waals surface area (Å²) in [6, 6.07) is 12.4. The predicted molar refractivity (Wildman–Crippen MR) is 91.4 cm³/mol. The summed E-state index contributed by atoms with van der Waals surface area (Å²) in [7, 11) is -1.69. The van der Waals surface area contributed by atoms with Crippen molar-refractivity contribution in [2.24, 2.45) is 0 Å². The number of carbonyl (C=O) groups is 1. The molecule has 0 saturated carbocycles. The third-order valence-corrected chi connectivity index (χ3v) is 3.88. The lowest BCUT2D eigenvalue weighted by Crippen LogP contribution is -2.34. The standard InChI is InChI=1S/C16H19N3O4S/c1-23-15-5-3-4-14(19-15)12-6-8-13(9-7-12)16(20)17-10-11-18-24(2,21)22/h3-9,18H,10-11H2,1-2H3,(H,17,20). The average molecular weight is 349 g/mol. The van der Waals surface area contributed by atoms with Gasteiger partial charge in [-0.2, -0.15) is 0 Å². The molecule has 1 aromatic heterocycles. The summed E-state index contributed by atoms with van der Waals surface area (Å²) >= 11 is 0. The zero-order valence-electron chi connectivity index (χ0n) is 13.4. The van der Waals surface area contributed by atoms with Crippen molar-refractivity contribution in [1.82, 2.24) is 15.0 Å². The zero-order chi connectivity index (χ0) is 17.6. The van der Waals surface area contributed by atoms with E-state index >= 15 is 0 Å². The molecule has 0 atom stereocenters. The molecule has 8 heteroatoms. The Kier molecular flexibility index (Phi) is 5.88. The molecule has 2 rings (SSSR count). The number of nitrogens with zero attached hydrogens (tertiary/aromatic N) is 1. The topological polar surface area (TPSA) is 97.4 Å². The third-order valence-electron chi connectivity index (χ3n) is 3.15. The summed E-state index contributed by atoms with van der Waals surface area (Å²) < 4.78 is 29.3. The molecular formula is C16H19N3O4S. The fourth-order valence-corrected chi connectivity index (χ4v) is 2.47. The van der Waals surface area contributed by atoms with E-state index in [1.54, 1.807) is 37.4 Å². The van der Waals surface area contributed by atoms with Crippen molar-refractivity contribution in [3.05, 3.63) is 48.0 Å². The van der Waals surface area contributed by atoms with Gasteiger partial charge in [-0.3, -0.25) is 4.79 Å². The van der Waals surface area contributed by atoms with Crippen LogP contribution < -0.4 is 14.8 Å². The zero-order valence-corrected chi connectivity index (χ0v) is 14.3. The Morgan fingerprint density at radius 1 is 1.12 bits per heavy atom. The van der Waals surface area contributed by atoms with Gasteiger partial charge in [0.2, 0.25) is 15.9 Å². The smallest absolute Gasteiger partial charge is 0.251 e. The summed E-state index contributed by atoms with van der Waals surface area (Å²) in [5.41, 5.74) is 2.10. The molecule has 2 aromatic rings. The Bertz CT molecular complexity index is 804. The highest BCUT2D eigenvalue weighted by atomic mass is 32.2. The fourth-order valence-electron chi connectivity index (χ4n) is 2.00. The Morgan fingerprint density at radius 2 is 1.83 bits per heavy atom. The minimum absolute atomic E-state index is 0.149. The molecule has 2 N–H and O–H groups in total. The predicted octanol–water partition coefficient (Wildman–Crippen LogP) is 1.04. The van der Waals surface area contributed by atoms with Gasteiger partial charge in [0, 0.05) is 30.3 Å². The Morgan fingerprint density at radius 3 is 2.46 bits per heavy atom. The lowest BCUT2D eigenvalue weighted by atomic mass is 10.1. The number of ether oxygens (including phenoxy) is 1. The quantitative estimate of drug-likeness (QED) is 0.728. The molecule has 24 heavy (non-hydrogen) atoms. The SMILES string of the molecule is COc1cccc(-c2ccc(C(=O)NCCNS(C)(=O)=O)cc2)n1. The Hall–Kier alpha value is -2.45. The first-order valence-electron chi connectivity index (χ1n) is 7.23. The molecule has 0 aliphatic rings. The second-order valence-electron chi connectivity index (χ2n) is 5.06. The van der Waals surface area contributed by atoms with Crippen molar-refractivity contribution in [2.45, 2.75) is 0 Å². The highest BCUT2D eigenvalue weighted by Crippen LogP contribution is 2.20. The molecule has 0 aliphatic carbocycles. The first-order valence-corrected chi connectivity index (χ1v) is 9.12. The van der Waals surface area contributed by atoms with Gasteiger partial charge in [0.1, 0.15) is 0 Å². The molecule has 7 nitrogen and oxygen atoms in total. The van der Waals surface area contributed by atoms with Crippen LogP contribution in [-0.4, -0.2) is 45.8 Å². The van der Waals surface area contributed by atoms with Crippen LogP contribution in [0.25, 0.3) is 11.3 Å². The molecule has 1 aromatic carbocycles. The number of aromatic nitrogens is 1. The van der Waals surface area contributed by atoms with Crippen LogP contribution in [0.15, 0.2) is 42.5 Å². The molecule has 128 valence electrons. The molecule has 0 saturated heterocycles. The van der Waals surface area contributed by atoms with Crippen LogP contribution in [0, 0.1) is 0 Å². The highest BCUT2D eigenvalue weighted by Gasteiger charge is 2.07. The van der Waals surface area contributed by atoms with E-state index in [2.05, 4.69) is 15.0 Å². The maximum absolute atomic E-state index is 12.0. The molecule has 0 radical (unpaired) electrons. The third kappa shape index (κ3) is 5.32. The van der Waals surface area contributed by atoms with Crippen LogP contribution >= 0.6 is 0 Å². The van der Waals surface area contributed by atoms with E-state index in [0.29, 0.717) is 11.4 Å². The second-order valence-corrected chi connectivity index (χ2v) is 6.90. The molecule has 0 aliphatic heterocycles. The van der Waals surface area contributed by atoms with Crippen LogP contribution in [0.1, 0.15) is 10.4 Å². The van der Waals surface area contributed by atoms with Crippen molar-refractivity contribution in [1.29, 1.82) is 0 Å². The lowest BCUT2D eigenvalue weighted by molar-refractivity contribution is 0.0954. The summed E-state index contributed by atoms with van der Waals surface area (Å²) in [6.07, 6.45) is 1.07. The minimum Gasteiger partial charge on any atom is -0.481 e. The van der Waals surface area contributed by atoms with Gasteiger partial charge in [0.25, 0.3) is 5.91 Å². The summed E-state index contributed by atoms with van der Waals surface area (Å²) in [5.74, 6) is 0.253. The van der Waals surface area contributed by atoms with Crippen molar-refractivity contribution >= 4 is 15.9 Å². The van der Waals surface area contributed by atoms with E-state index in [1.165, 1.54) is 0 Å². The van der Waals surface area contributed by atoms with E-state index in [1.807, 2.05) is 12.1 Å². The number of benzene rings is 1. The van der Waals surface area contributed by atoms with Gasteiger partial charge >= 0.3 is 0 Å². The summed E-state index contributed by atoms with van der Waals surface area (Å²) in [4.78, 5) is 16.3. The molecular weight excluding hydrogens is 330 g/mol. The van der Waals surface area contributed by atoms with Crippen LogP contribution in [-0.2, 0) is 10.0 Å².